The summed E-state index contributed by atoms with van der Waals surface area (Å²) in [6.07, 6.45) is 3.85. The summed E-state index contributed by atoms with van der Waals surface area (Å²) in [5.74, 6) is -0.247. The predicted molar refractivity (Wildman–Crippen MR) is 104 cm³/mol. The summed E-state index contributed by atoms with van der Waals surface area (Å²) >= 11 is 0. The van der Waals surface area contributed by atoms with Crippen molar-refractivity contribution < 1.29 is 13.2 Å². The van der Waals surface area contributed by atoms with Gasteiger partial charge in [-0.3, -0.25) is 4.79 Å². The fraction of sp³-hybridized carbons (Fsp3) is 0.150. The fourth-order valence-electron chi connectivity index (χ4n) is 2.56. The summed E-state index contributed by atoms with van der Waals surface area (Å²) in [6.45, 7) is 2.21. The second kappa shape index (κ2) is 8.20. The highest BCUT2D eigenvalue weighted by Gasteiger charge is 2.13. The zero-order valence-electron chi connectivity index (χ0n) is 14.9. The number of carbonyl (C=O) groups is 1. The van der Waals surface area contributed by atoms with Gasteiger partial charge in [0.25, 0.3) is 5.91 Å². The maximum Gasteiger partial charge on any atom is 0.251 e. The van der Waals surface area contributed by atoms with Crippen molar-refractivity contribution in [2.75, 3.05) is 13.1 Å². The van der Waals surface area contributed by atoms with Crippen molar-refractivity contribution in [2.45, 2.75) is 11.8 Å². The first-order valence-corrected chi connectivity index (χ1v) is 10.0. The molecule has 0 saturated heterocycles. The minimum Gasteiger partial charge on any atom is -0.351 e. The largest absolute Gasteiger partial charge is 0.351 e. The molecule has 2 N–H and O–H groups in total. The molecule has 1 amide bonds. The van der Waals surface area contributed by atoms with Crippen LogP contribution in [0.15, 0.2) is 78.0 Å². The minimum absolute atomic E-state index is 0.114. The molecule has 0 fully saturated rings. The summed E-state index contributed by atoms with van der Waals surface area (Å²) in [6, 6.07) is 17.6. The first kappa shape index (κ1) is 18.9. The molecule has 27 heavy (non-hydrogen) atoms. The number of aromatic nitrogens is 1. The normalized spacial score (nSPS) is 11.3. The Bertz CT molecular complexity index is 994. The number of amides is 1. The van der Waals surface area contributed by atoms with Gasteiger partial charge in [-0.05, 0) is 55.5 Å². The molecule has 0 spiro atoms. The van der Waals surface area contributed by atoms with Gasteiger partial charge >= 0.3 is 0 Å². The minimum atomic E-state index is -3.57. The molecule has 0 aliphatic heterocycles. The van der Waals surface area contributed by atoms with E-state index in [-0.39, 0.29) is 23.9 Å². The van der Waals surface area contributed by atoms with Gasteiger partial charge in [0, 0.05) is 36.7 Å². The molecule has 3 rings (SSSR count). The number of carbonyl (C=O) groups excluding carboxylic acids is 1. The number of hydrogen-bond acceptors (Lipinski definition) is 3. The maximum atomic E-state index is 12.2. The second-order valence-corrected chi connectivity index (χ2v) is 7.87. The Balaban J connectivity index is 1.50. The molecule has 140 valence electrons. The van der Waals surface area contributed by atoms with Crippen molar-refractivity contribution in [3.8, 4) is 5.69 Å². The zero-order valence-corrected chi connectivity index (χ0v) is 15.7. The summed E-state index contributed by atoms with van der Waals surface area (Å²) in [5.41, 5.74) is 2.47. The van der Waals surface area contributed by atoms with Crippen molar-refractivity contribution in [3.63, 3.8) is 0 Å². The molecule has 0 atom stereocenters. The van der Waals surface area contributed by atoms with Crippen LogP contribution in [0.25, 0.3) is 5.69 Å². The molecule has 0 saturated carbocycles. The van der Waals surface area contributed by atoms with Crippen LogP contribution in [0.1, 0.15) is 15.9 Å². The van der Waals surface area contributed by atoms with Crippen LogP contribution in [0.5, 0.6) is 0 Å². The fourth-order valence-corrected chi connectivity index (χ4v) is 3.59. The van der Waals surface area contributed by atoms with Crippen molar-refractivity contribution in [1.29, 1.82) is 0 Å². The standard InChI is InChI=1S/C20H21N3O3S/c1-16-4-10-19(11-5-16)27(25,26)22-13-12-21-20(24)17-6-8-18(9-7-17)23-14-2-3-15-23/h2-11,14-15,22H,12-13H2,1H3,(H,21,24). The topological polar surface area (TPSA) is 80.2 Å². The van der Waals surface area contributed by atoms with Crippen LogP contribution in [0.3, 0.4) is 0 Å². The Morgan fingerprint density at radius 3 is 2.19 bits per heavy atom. The second-order valence-electron chi connectivity index (χ2n) is 6.10. The van der Waals surface area contributed by atoms with Gasteiger partial charge in [0.1, 0.15) is 0 Å². The van der Waals surface area contributed by atoms with Crippen LogP contribution in [-0.2, 0) is 10.0 Å². The van der Waals surface area contributed by atoms with Gasteiger partial charge in [0.15, 0.2) is 0 Å². The van der Waals surface area contributed by atoms with Crippen molar-refractivity contribution >= 4 is 15.9 Å². The highest BCUT2D eigenvalue weighted by Crippen LogP contribution is 2.11. The number of nitrogens with one attached hydrogen (secondary N) is 2. The van der Waals surface area contributed by atoms with Crippen LogP contribution in [0, 0.1) is 6.92 Å². The molecule has 3 aromatic rings. The SMILES string of the molecule is Cc1ccc(S(=O)(=O)NCCNC(=O)c2ccc(-n3cccc3)cc2)cc1. The average Bonchev–Trinajstić information content (AvgIpc) is 3.20. The Labute approximate surface area is 158 Å². The van der Waals surface area contributed by atoms with Crippen molar-refractivity contribution in [3.05, 3.63) is 84.2 Å². The van der Waals surface area contributed by atoms with Crippen molar-refractivity contribution in [1.82, 2.24) is 14.6 Å². The Hall–Kier alpha value is -2.90. The van der Waals surface area contributed by atoms with Gasteiger partial charge < -0.3 is 9.88 Å². The van der Waals surface area contributed by atoms with E-state index >= 15 is 0 Å². The van der Waals surface area contributed by atoms with E-state index in [2.05, 4.69) is 10.0 Å². The lowest BCUT2D eigenvalue weighted by atomic mass is 10.2. The van der Waals surface area contributed by atoms with E-state index in [1.54, 1.807) is 36.4 Å². The third-order valence-electron chi connectivity index (χ3n) is 4.07. The molecule has 6 nitrogen and oxygen atoms in total. The molecule has 1 aromatic heterocycles. The summed E-state index contributed by atoms with van der Waals surface area (Å²) in [4.78, 5) is 12.4. The Kier molecular flexibility index (Phi) is 5.73. The Morgan fingerprint density at radius 2 is 1.56 bits per heavy atom. The maximum absolute atomic E-state index is 12.2. The first-order chi connectivity index (χ1) is 13.0. The van der Waals surface area contributed by atoms with Crippen molar-refractivity contribution in [2.24, 2.45) is 0 Å². The highest BCUT2D eigenvalue weighted by molar-refractivity contribution is 7.89. The lowest BCUT2D eigenvalue weighted by Crippen LogP contribution is -2.34. The van der Waals surface area contributed by atoms with E-state index in [0.29, 0.717) is 5.56 Å². The molecule has 0 radical (unpaired) electrons. The van der Waals surface area contributed by atoms with Gasteiger partial charge in [-0.1, -0.05) is 17.7 Å². The number of sulfonamides is 1. The third-order valence-corrected chi connectivity index (χ3v) is 5.54. The molecule has 7 heteroatoms. The van der Waals surface area contributed by atoms with Crippen LogP contribution in [0.2, 0.25) is 0 Å². The molecular formula is C20H21N3O3S. The summed E-state index contributed by atoms with van der Waals surface area (Å²) < 4.78 is 28.8. The molecule has 0 unspecified atom stereocenters. The van der Waals surface area contributed by atoms with E-state index in [1.807, 2.05) is 48.1 Å². The average molecular weight is 383 g/mol. The number of rotatable bonds is 7. The Morgan fingerprint density at radius 1 is 0.926 bits per heavy atom. The zero-order chi connectivity index (χ0) is 19.3. The highest BCUT2D eigenvalue weighted by atomic mass is 32.2. The summed E-state index contributed by atoms with van der Waals surface area (Å²) in [5, 5.41) is 2.71. The third kappa shape index (κ3) is 4.84. The number of aryl methyl sites for hydroxylation is 1. The van der Waals surface area contributed by atoms with E-state index < -0.39 is 10.0 Å². The van der Waals surface area contributed by atoms with E-state index in [9.17, 15) is 13.2 Å². The van der Waals surface area contributed by atoms with Crippen LogP contribution in [0.4, 0.5) is 0 Å². The van der Waals surface area contributed by atoms with E-state index in [0.717, 1.165) is 11.3 Å². The van der Waals surface area contributed by atoms with Crippen LogP contribution >= 0.6 is 0 Å². The summed E-state index contributed by atoms with van der Waals surface area (Å²) in [7, 11) is -3.57. The molecule has 2 aromatic carbocycles. The first-order valence-electron chi connectivity index (χ1n) is 8.54. The van der Waals surface area contributed by atoms with Gasteiger partial charge in [-0.15, -0.1) is 0 Å². The van der Waals surface area contributed by atoms with Gasteiger partial charge in [0.05, 0.1) is 4.90 Å². The van der Waals surface area contributed by atoms with Gasteiger partial charge in [-0.2, -0.15) is 0 Å². The number of nitrogens with zero attached hydrogens (tertiary/aromatic N) is 1. The lowest BCUT2D eigenvalue weighted by Gasteiger charge is -2.09. The predicted octanol–water partition coefficient (Wildman–Crippen LogP) is 2.49. The smallest absolute Gasteiger partial charge is 0.251 e. The lowest BCUT2D eigenvalue weighted by molar-refractivity contribution is 0.0954. The number of benzene rings is 2. The molecule has 1 heterocycles. The van der Waals surface area contributed by atoms with E-state index in [4.69, 9.17) is 0 Å². The molecule has 0 aliphatic rings. The monoisotopic (exact) mass is 383 g/mol. The number of hydrogen-bond donors (Lipinski definition) is 2. The van der Waals surface area contributed by atoms with Crippen LogP contribution in [-0.4, -0.2) is 32.0 Å². The molecule has 0 aliphatic carbocycles. The molecule has 0 bridgehead atoms. The molecular weight excluding hydrogens is 362 g/mol. The van der Waals surface area contributed by atoms with Gasteiger partial charge in [0.2, 0.25) is 10.0 Å². The van der Waals surface area contributed by atoms with E-state index in [1.165, 1.54) is 0 Å². The quantitative estimate of drug-likeness (QED) is 0.615. The van der Waals surface area contributed by atoms with Crippen LogP contribution < -0.4 is 10.0 Å². The van der Waals surface area contributed by atoms with Gasteiger partial charge in [-0.25, -0.2) is 13.1 Å².